The summed E-state index contributed by atoms with van der Waals surface area (Å²) in [6.45, 7) is 0. The summed E-state index contributed by atoms with van der Waals surface area (Å²) < 4.78 is 82.2. The van der Waals surface area contributed by atoms with Crippen LogP contribution in [-0.2, 0) is 20.0 Å². The molecule has 0 radical (unpaired) electrons. The molecule has 0 aliphatic rings. The second-order valence-corrected chi connectivity index (χ2v) is 6.27. The van der Waals surface area contributed by atoms with Gasteiger partial charge >= 0.3 is 5.76 Å². The van der Waals surface area contributed by atoms with Gasteiger partial charge < -0.3 is 0 Å². The highest BCUT2D eigenvalue weighted by molar-refractivity contribution is 7.93. The maximum absolute atomic E-state index is 12.9. The molecule has 0 aliphatic heterocycles. The zero-order chi connectivity index (χ0) is 14.1. The normalized spacial score (nSPS) is 12.7. The minimum atomic E-state index is -5.12. The number of halogens is 3. The fourth-order valence-corrected chi connectivity index (χ4v) is 2.33. The number of hydrogen-bond acceptors (Lipinski definition) is 4. The fourth-order valence-electron chi connectivity index (χ4n) is 1.03. The number of benzene rings is 1. The Morgan fingerprint density at radius 1 is 1.17 bits per heavy atom. The number of nitrogens with one attached hydrogen (secondary N) is 1. The Morgan fingerprint density at radius 2 is 1.72 bits per heavy atom. The number of primary sulfonamides is 1. The number of rotatable bonds is 4. The van der Waals surface area contributed by atoms with Crippen LogP contribution in [0.1, 0.15) is 0 Å². The van der Waals surface area contributed by atoms with Gasteiger partial charge in [0.25, 0.3) is 10.0 Å². The van der Waals surface area contributed by atoms with Crippen LogP contribution in [0.4, 0.5) is 18.9 Å². The molecular formula is C7H7F3N2O4S2. The second-order valence-electron chi connectivity index (χ2n) is 3.09. The predicted octanol–water partition coefficient (Wildman–Crippen LogP) is 0.437. The summed E-state index contributed by atoms with van der Waals surface area (Å²) in [5.74, 6) is -4.82. The molecule has 0 unspecified atom stereocenters. The lowest BCUT2D eigenvalue weighted by Gasteiger charge is -2.10. The Morgan fingerprint density at radius 3 is 2.17 bits per heavy atom. The van der Waals surface area contributed by atoms with Gasteiger partial charge in [0.05, 0.1) is 5.69 Å². The Labute approximate surface area is 101 Å². The predicted molar refractivity (Wildman–Crippen MR) is 56.3 cm³/mol. The first-order valence-electron chi connectivity index (χ1n) is 4.16. The zero-order valence-corrected chi connectivity index (χ0v) is 10.1. The Kier molecular flexibility index (Phi) is 3.88. The van der Waals surface area contributed by atoms with Crippen molar-refractivity contribution in [3.63, 3.8) is 0 Å². The smallest absolute Gasteiger partial charge is 0.277 e. The Balaban J connectivity index is 3.37. The van der Waals surface area contributed by atoms with Gasteiger partial charge in [-0.25, -0.2) is 26.4 Å². The summed E-state index contributed by atoms with van der Waals surface area (Å²) in [6, 6.07) is 1.79. The van der Waals surface area contributed by atoms with Crippen LogP contribution in [0.3, 0.4) is 0 Å². The van der Waals surface area contributed by atoms with Crippen molar-refractivity contribution in [2.75, 3.05) is 4.72 Å². The highest BCUT2D eigenvalue weighted by atomic mass is 32.2. The van der Waals surface area contributed by atoms with Gasteiger partial charge in [-0.15, -0.1) is 0 Å². The van der Waals surface area contributed by atoms with E-state index in [0.717, 1.165) is 0 Å². The lowest BCUT2D eigenvalue weighted by molar-refractivity contribution is 0.236. The van der Waals surface area contributed by atoms with Gasteiger partial charge in [0, 0.05) is 0 Å². The van der Waals surface area contributed by atoms with Crippen LogP contribution >= 0.6 is 0 Å². The van der Waals surface area contributed by atoms with Crippen molar-refractivity contribution in [2.24, 2.45) is 5.14 Å². The van der Waals surface area contributed by atoms with E-state index in [4.69, 9.17) is 5.14 Å². The molecule has 0 fully saturated rings. The maximum atomic E-state index is 12.9. The second kappa shape index (κ2) is 4.74. The molecule has 0 aromatic heterocycles. The number of nitrogens with two attached hydrogens (primary N) is 1. The Bertz CT molecular complexity index is 657. The van der Waals surface area contributed by atoms with Crippen molar-refractivity contribution in [3.8, 4) is 0 Å². The highest BCUT2D eigenvalue weighted by Gasteiger charge is 2.26. The van der Waals surface area contributed by atoms with E-state index < -0.39 is 42.2 Å². The van der Waals surface area contributed by atoms with Crippen molar-refractivity contribution < 1.29 is 30.0 Å². The average molecular weight is 304 g/mol. The van der Waals surface area contributed by atoms with Crippen molar-refractivity contribution in [2.45, 2.75) is 10.7 Å². The van der Waals surface area contributed by atoms with E-state index in [0.29, 0.717) is 18.2 Å². The molecule has 11 heteroatoms. The van der Waals surface area contributed by atoms with E-state index in [1.165, 1.54) is 4.72 Å². The van der Waals surface area contributed by atoms with Crippen LogP contribution in [-0.4, -0.2) is 22.6 Å². The molecule has 0 saturated heterocycles. The molecule has 1 aromatic carbocycles. The third-order valence-corrected chi connectivity index (χ3v) is 3.68. The summed E-state index contributed by atoms with van der Waals surface area (Å²) in [5.41, 5.74) is -0.877. The highest BCUT2D eigenvalue weighted by Crippen LogP contribution is 2.23. The number of alkyl halides is 2. The minimum Gasteiger partial charge on any atom is -0.277 e. The lowest BCUT2D eigenvalue weighted by Crippen LogP contribution is -2.23. The van der Waals surface area contributed by atoms with Crippen molar-refractivity contribution >= 4 is 25.7 Å². The van der Waals surface area contributed by atoms with Gasteiger partial charge in [-0.1, -0.05) is 0 Å². The quantitative estimate of drug-likeness (QED) is 0.841. The summed E-state index contributed by atoms with van der Waals surface area (Å²) in [7, 11) is -9.51. The third kappa shape index (κ3) is 3.34. The van der Waals surface area contributed by atoms with E-state index in [9.17, 15) is 30.0 Å². The monoisotopic (exact) mass is 304 g/mol. The van der Waals surface area contributed by atoms with Gasteiger partial charge in [-0.3, -0.25) is 4.72 Å². The largest absolute Gasteiger partial charge is 0.355 e. The molecule has 1 aromatic rings. The molecule has 0 spiro atoms. The summed E-state index contributed by atoms with van der Waals surface area (Å²) >= 11 is 0. The molecule has 0 saturated carbocycles. The number of hydrogen-bond donors (Lipinski definition) is 2. The first-order chi connectivity index (χ1) is 8.04. The van der Waals surface area contributed by atoms with Gasteiger partial charge in [0.2, 0.25) is 10.0 Å². The average Bonchev–Trinajstić information content (AvgIpc) is 2.14. The fraction of sp³-hybridized carbons (Fsp3) is 0.143. The molecule has 6 nitrogen and oxygen atoms in total. The maximum Gasteiger partial charge on any atom is 0.355 e. The third-order valence-electron chi connectivity index (χ3n) is 1.73. The Hall–Kier alpha value is -1.33. The van der Waals surface area contributed by atoms with E-state index >= 15 is 0 Å². The van der Waals surface area contributed by atoms with Gasteiger partial charge in [-0.2, -0.15) is 8.78 Å². The summed E-state index contributed by atoms with van der Waals surface area (Å²) in [4.78, 5) is -0.812. The van der Waals surface area contributed by atoms with Crippen LogP contribution in [0.5, 0.6) is 0 Å². The van der Waals surface area contributed by atoms with Gasteiger partial charge in [-0.05, 0) is 18.2 Å². The molecule has 18 heavy (non-hydrogen) atoms. The van der Waals surface area contributed by atoms with Crippen LogP contribution in [0.15, 0.2) is 23.1 Å². The van der Waals surface area contributed by atoms with Gasteiger partial charge in [0.15, 0.2) is 0 Å². The first-order valence-corrected chi connectivity index (χ1v) is 7.25. The standard InChI is InChI=1S/C7H7F3N2O4S2/c8-4-1-2-6(17(11,13)14)5(3-4)12-18(15,16)7(9)10/h1-3,7,12H,(H2,11,13,14). The van der Waals surface area contributed by atoms with Crippen LogP contribution in [0.2, 0.25) is 0 Å². The van der Waals surface area contributed by atoms with Gasteiger partial charge in [0.1, 0.15) is 10.7 Å². The van der Waals surface area contributed by atoms with Crippen LogP contribution < -0.4 is 9.86 Å². The topological polar surface area (TPSA) is 106 Å². The van der Waals surface area contributed by atoms with Crippen LogP contribution in [0.25, 0.3) is 0 Å². The van der Waals surface area contributed by atoms with Crippen molar-refractivity contribution in [1.29, 1.82) is 0 Å². The number of anilines is 1. The molecule has 1 rings (SSSR count). The zero-order valence-electron chi connectivity index (χ0n) is 8.47. The van der Waals surface area contributed by atoms with E-state index in [2.05, 4.69) is 0 Å². The van der Waals surface area contributed by atoms with Crippen molar-refractivity contribution in [3.05, 3.63) is 24.0 Å². The molecule has 0 amide bonds. The summed E-state index contributed by atoms with van der Waals surface area (Å²) in [5, 5.41) is 4.73. The molecule has 0 atom stereocenters. The van der Waals surface area contributed by atoms with E-state index in [1.54, 1.807) is 0 Å². The molecule has 0 heterocycles. The minimum absolute atomic E-state index is 0.430. The van der Waals surface area contributed by atoms with Crippen molar-refractivity contribution in [1.82, 2.24) is 0 Å². The number of sulfonamides is 2. The first kappa shape index (κ1) is 14.7. The molecule has 3 N–H and O–H groups in total. The summed E-state index contributed by atoms with van der Waals surface area (Å²) in [6.07, 6.45) is 0. The molecule has 102 valence electrons. The SMILES string of the molecule is NS(=O)(=O)c1ccc(F)cc1NS(=O)(=O)C(F)F. The van der Waals surface area contributed by atoms with E-state index in [1.807, 2.05) is 0 Å². The van der Waals surface area contributed by atoms with Crippen LogP contribution in [0, 0.1) is 5.82 Å². The molecule has 0 aliphatic carbocycles. The molecular weight excluding hydrogens is 297 g/mol. The van der Waals surface area contributed by atoms with E-state index in [-0.39, 0.29) is 0 Å². The molecule has 0 bridgehead atoms. The lowest BCUT2D eigenvalue weighted by atomic mass is 10.3.